The summed E-state index contributed by atoms with van der Waals surface area (Å²) in [4.78, 5) is 67.0. The molecule has 8 nitrogen and oxygen atoms in total. The molecule has 0 aromatic heterocycles. The number of carbonyl (C=O) groups is 5. The topological polar surface area (TPSA) is 101 Å². The Morgan fingerprint density at radius 1 is 0.773 bits per heavy atom. The van der Waals surface area contributed by atoms with E-state index >= 15 is 0 Å². The molecule has 4 atom stereocenters. The van der Waals surface area contributed by atoms with Crippen molar-refractivity contribution in [3.63, 3.8) is 0 Å². The van der Waals surface area contributed by atoms with E-state index in [1.807, 2.05) is 0 Å². The van der Waals surface area contributed by atoms with Crippen LogP contribution in [0, 0.1) is 11.8 Å². The van der Waals surface area contributed by atoms with Crippen LogP contribution in [-0.4, -0.2) is 55.7 Å². The monoisotopic (exact) mass is 802 g/mol. The number of esters is 1. The van der Waals surface area contributed by atoms with Gasteiger partial charge in [0.05, 0.1) is 33.0 Å². The molecular weight excluding hydrogens is 786 g/mol. The smallest absolute Gasteiger partial charge is 0.345 e. The number of carbonyl (C=O) groups excluding carboxylic acids is 5. The third-order valence-corrected chi connectivity index (χ3v) is 11.2. The minimum Gasteiger partial charge on any atom is -0.423 e. The first kappa shape index (κ1) is 32.9. The Hall–Kier alpha value is -2.47. The summed E-state index contributed by atoms with van der Waals surface area (Å²) in [6.45, 7) is -0.649. The maximum atomic E-state index is 13.8. The van der Waals surface area contributed by atoms with Gasteiger partial charge >= 0.3 is 5.97 Å². The minimum absolute atomic E-state index is 0.00976. The molecule has 0 N–H and O–H groups in total. The Kier molecular flexibility index (Phi) is 10.1. The van der Waals surface area contributed by atoms with Crippen molar-refractivity contribution >= 4 is 108 Å². The third kappa shape index (κ3) is 6.71. The van der Waals surface area contributed by atoms with Crippen molar-refractivity contribution in [1.82, 2.24) is 10.0 Å². The summed E-state index contributed by atoms with van der Waals surface area (Å²) in [6, 6.07) is 14.1. The largest absolute Gasteiger partial charge is 0.423 e. The van der Waals surface area contributed by atoms with Gasteiger partial charge < -0.3 is 4.74 Å². The maximum Gasteiger partial charge on any atom is 0.345 e. The fraction of sp³-hybridized carbons (Fsp3) is 0.233. The molecule has 0 bridgehead atoms. The number of ether oxygens (including phenoxy) is 1. The van der Waals surface area contributed by atoms with E-state index in [1.165, 1.54) is 60.7 Å². The number of Topliss-reactive ketones (excluding diaryl/α,β-unsaturated/α-hetero) is 1. The zero-order valence-electron chi connectivity index (χ0n) is 22.3. The Labute approximate surface area is 288 Å². The van der Waals surface area contributed by atoms with Crippen molar-refractivity contribution in [2.75, 3.05) is 6.54 Å². The highest BCUT2D eigenvalue weighted by atomic mass is 79.9. The summed E-state index contributed by atoms with van der Waals surface area (Å²) >= 11 is 31.4. The Balaban J connectivity index is 1.40. The fourth-order valence-corrected chi connectivity index (χ4v) is 7.32. The number of nitrogens with zero attached hydrogens (tertiary/aromatic N) is 2. The molecule has 2 aliphatic rings. The van der Waals surface area contributed by atoms with Gasteiger partial charge in [0, 0.05) is 25.3 Å². The summed E-state index contributed by atoms with van der Waals surface area (Å²) < 4.78 is 5.36. The molecule has 3 aromatic carbocycles. The van der Waals surface area contributed by atoms with E-state index < -0.39 is 47.9 Å². The molecule has 3 amide bonds. The van der Waals surface area contributed by atoms with Crippen LogP contribution in [0.3, 0.4) is 0 Å². The lowest BCUT2D eigenvalue weighted by atomic mass is 9.81. The van der Waals surface area contributed by atoms with Crippen LogP contribution in [0.5, 0.6) is 5.75 Å². The molecule has 1 heterocycles. The second-order valence-electron chi connectivity index (χ2n) is 10.2. The highest BCUT2D eigenvalue weighted by Crippen LogP contribution is 2.44. The second-order valence-corrected chi connectivity index (χ2v) is 14.2. The van der Waals surface area contributed by atoms with Gasteiger partial charge in [-0.2, -0.15) is 5.01 Å². The van der Waals surface area contributed by atoms with Gasteiger partial charge in [-0.1, -0.05) is 78.3 Å². The SMILES string of the molecule is O=C(CN(C(=O)c1ccc(Cl)cc1Cl)N1C(=O)[C@@H]2C[C@H](Br)[C@@H](Br)C[C@H]2C1=O)c1ccc(OC(=O)c2ccc(Cl)cc2Cl)cc1. The van der Waals surface area contributed by atoms with Crippen LogP contribution >= 0.6 is 78.3 Å². The highest BCUT2D eigenvalue weighted by Gasteiger charge is 2.54. The Morgan fingerprint density at radius 3 is 1.77 bits per heavy atom. The molecule has 1 saturated carbocycles. The van der Waals surface area contributed by atoms with E-state index in [1.54, 1.807) is 0 Å². The quantitative estimate of drug-likeness (QED) is 0.0799. The molecule has 14 heteroatoms. The highest BCUT2D eigenvalue weighted by molar-refractivity contribution is 9.12. The van der Waals surface area contributed by atoms with Gasteiger partial charge in [-0.25, -0.2) is 9.80 Å². The Morgan fingerprint density at radius 2 is 1.27 bits per heavy atom. The molecule has 0 unspecified atom stereocenters. The van der Waals surface area contributed by atoms with E-state index in [2.05, 4.69) is 31.9 Å². The van der Waals surface area contributed by atoms with Gasteiger partial charge in [0.15, 0.2) is 5.78 Å². The van der Waals surface area contributed by atoms with Crippen molar-refractivity contribution in [1.29, 1.82) is 0 Å². The average Bonchev–Trinajstić information content (AvgIpc) is 3.20. The van der Waals surface area contributed by atoms with Gasteiger partial charge in [-0.05, 0) is 73.5 Å². The second kappa shape index (κ2) is 13.5. The number of hydrogen-bond acceptors (Lipinski definition) is 6. The van der Waals surface area contributed by atoms with Crippen molar-refractivity contribution in [2.24, 2.45) is 11.8 Å². The zero-order valence-corrected chi connectivity index (χ0v) is 28.5. The lowest BCUT2D eigenvalue weighted by Crippen LogP contribution is -2.52. The number of rotatable bonds is 7. The molecule has 1 saturated heterocycles. The van der Waals surface area contributed by atoms with Gasteiger partial charge in [-0.3, -0.25) is 19.2 Å². The van der Waals surface area contributed by atoms with Crippen LogP contribution in [0.4, 0.5) is 0 Å². The Bertz CT molecular complexity index is 1660. The van der Waals surface area contributed by atoms with Crippen LogP contribution in [0.15, 0.2) is 60.7 Å². The molecule has 1 aliphatic heterocycles. The van der Waals surface area contributed by atoms with Crippen LogP contribution in [0.1, 0.15) is 43.9 Å². The van der Waals surface area contributed by atoms with Crippen molar-refractivity contribution in [3.8, 4) is 5.75 Å². The van der Waals surface area contributed by atoms with E-state index in [4.69, 9.17) is 51.1 Å². The standard InChI is InChI=1S/C30H20Br2Cl4N2O6/c31-22-11-20-21(12-23(22)32)29(42)38(28(20)41)37(27(40)18-7-3-15(33)9-24(18)35)13-26(39)14-1-5-17(6-2-14)44-30(43)19-8-4-16(34)10-25(19)36/h1-10,20-23H,11-13H2/t20-,21-,22+,23+/m1/s1. The lowest BCUT2D eigenvalue weighted by molar-refractivity contribution is -0.154. The molecule has 0 radical (unpaired) electrons. The van der Waals surface area contributed by atoms with Crippen molar-refractivity contribution in [2.45, 2.75) is 22.5 Å². The fourth-order valence-electron chi connectivity index (χ4n) is 5.10. The number of imide groups is 1. The first-order valence-electron chi connectivity index (χ1n) is 13.1. The molecular formula is C30H20Br2Cl4N2O6. The summed E-state index contributed by atoms with van der Waals surface area (Å²) in [6.07, 6.45) is 0.751. The van der Waals surface area contributed by atoms with Gasteiger partial charge in [-0.15, -0.1) is 0 Å². The van der Waals surface area contributed by atoms with Crippen LogP contribution in [0.2, 0.25) is 20.1 Å². The predicted octanol–water partition coefficient (Wildman–Crippen LogP) is 7.68. The molecule has 2 fully saturated rings. The normalized spacial score (nSPS) is 21.2. The lowest BCUT2D eigenvalue weighted by Gasteiger charge is -2.30. The molecule has 3 aromatic rings. The number of ketones is 1. The number of hydrazine groups is 1. The van der Waals surface area contributed by atoms with E-state index in [-0.39, 0.29) is 47.2 Å². The first-order valence-corrected chi connectivity index (χ1v) is 16.4. The van der Waals surface area contributed by atoms with Gasteiger partial charge in [0.25, 0.3) is 17.7 Å². The number of hydrogen-bond donors (Lipinski definition) is 0. The summed E-state index contributed by atoms with van der Waals surface area (Å²) in [5.74, 6) is -4.47. The van der Waals surface area contributed by atoms with Crippen LogP contribution < -0.4 is 4.74 Å². The van der Waals surface area contributed by atoms with Crippen molar-refractivity contribution < 1.29 is 28.7 Å². The van der Waals surface area contributed by atoms with Crippen LogP contribution in [0.25, 0.3) is 0 Å². The zero-order chi connectivity index (χ0) is 31.9. The average molecular weight is 806 g/mol. The van der Waals surface area contributed by atoms with E-state index in [9.17, 15) is 24.0 Å². The van der Waals surface area contributed by atoms with Gasteiger partial charge in [0.1, 0.15) is 12.3 Å². The minimum atomic E-state index is -0.823. The number of alkyl halides is 2. The van der Waals surface area contributed by atoms with Crippen LogP contribution in [-0.2, 0) is 9.59 Å². The molecule has 0 spiro atoms. The summed E-state index contributed by atoms with van der Waals surface area (Å²) in [5, 5.41) is 2.35. The number of fused-ring (bicyclic) bond motifs is 1. The van der Waals surface area contributed by atoms with Crippen molar-refractivity contribution in [3.05, 3.63) is 97.4 Å². The summed E-state index contributed by atoms with van der Waals surface area (Å²) in [5.41, 5.74) is 0.190. The number of halogens is 6. The number of amides is 3. The summed E-state index contributed by atoms with van der Waals surface area (Å²) in [7, 11) is 0. The predicted molar refractivity (Wildman–Crippen MR) is 173 cm³/mol. The molecule has 44 heavy (non-hydrogen) atoms. The number of benzene rings is 3. The van der Waals surface area contributed by atoms with E-state index in [0.29, 0.717) is 17.9 Å². The first-order chi connectivity index (χ1) is 20.8. The van der Waals surface area contributed by atoms with E-state index in [0.717, 1.165) is 10.0 Å². The molecule has 1 aliphatic carbocycles. The van der Waals surface area contributed by atoms with Gasteiger partial charge in [0.2, 0.25) is 0 Å². The maximum absolute atomic E-state index is 13.8. The molecule has 228 valence electrons. The third-order valence-electron chi connectivity index (χ3n) is 7.36. The molecule has 5 rings (SSSR count).